The van der Waals surface area contributed by atoms with Crippen molar-refractivity contribution in [3.63, 3.8) is 0 Å². The molecule has 1 saturated heterocycles. The molecule has 1 aromatic rings. The molecule has 104 valence electrons. The second kappa shape index (κ2) is 5.74. The summed E-state index contributed by atoms with van der Waals surface area (Å²) >= 11 is 0. The fraction of sp³-hybridized carbons (Fsp3) is 0.562. The lowest BCUT2D eigenvalue weighted by molar-refractivity contribution is -0.141. The number of hydrogen-bond acceptors (Lipinski definition) is 2. The van der Waals surface area contributed by atoms with Gasteiger partial charge in [-0.05, 0) is 56.2 Å². The van der Waals surface area contributed by atoms with Crippen LogP contribution in [0.3, 0.4) is 0 Å². The zero-order valence-electron chi connectivity index (χ0n) is 11.9. The van der Waals surface area contributed by atoms with E-state index in [1.54, 1.807) is 0 Å². The normalized spacial score (nSPS) is 18.3. The van der Waals surface area contributed by atoms with Gasteiger partial charge in [-0.3, -0.25) is 4.79 Å². The van der Waals surface area contributed by atoms with Crippen LogP contribution in [0.2, 0.25) is 0 Å². The van der Waals surface area contributed by atoms with Crippen LogP contribution in [0.15, 0.2) is 12.1 Å². The van der Waals surface area contributed by atoms with Gasteiger partial charge in [-0.25, -0.2) is 0 Å². The van der Waals surface area contributed by atoms with E-state index in [1.165, 1.54) is 5.56 Å². The van der Waals surface area contributed by atoms with Crippen LogP contribution in [-0.2, 0) is 9.53 Å². The molecule has 0 bridgehead atoms. The highest BCUT2D eigenvalue weighted by molar-refractivity contribution is 5.78. The van der Waals surface area contributed by atoms with Crippen molar-refractivity contribution in [3.05, 3.63) is 34.4 Å². The topological polar surface area (TPSA) is 46.5 Å². The smallest absolute Gasteiger partial charge is 0.311 e. The molecule has 0 amide bonds. The van der Waals surface area contributed by atoms with Crippen molar-refractivity contribution in [1.82, 2.24) is 0 Å². The van der Waals surface area contributed by atoms with Gasteiger partial charge in [-0.1, -0.05) is 17.7 Å². The van der Waals surface area contributed by atoms with Crippen LogP contribution in [0, 0.1) is 26.7 Å². The standard InChI is InChI=1S/C16H22O3/c1-10-8-11(2)14(12(3)9-10)15(16(17)18)13-4-6-19-7-5-13/h8-9,13,15H,4-7H2,1-3H3,(H,17,18). The Morgan fingerprint density at radius 3 is 2.21 bits per heavy atom. The highest BCUT2D eigenvalue weighted by atomic mass is 16.5. The quantitative estimate of drug-likeness (QED) is 0.909. The summed E-state index contributed by atoms with van der Waals surface area (Å²) in [7, 11) is 0. The Kier molecular flexibility index (Phi) is 4.25. The highest BCUT2D eigenvalue weighted by Gasteiger charge is 2.33. The van der Waals surface area contributed by atoms with Gasteiger partial charge in [0.05, 0.1) is 5.92 Å². The summed E-state index contributed by atoms with van der Waals surface area (Å²) in [6, 6.07) is 4.16. The Morgan fingerprint density at radius 1 is 1.21 bits per heavy atom. The Balaban J connectivity index is 2.41. The van der Waals surface area contributed by atoms with Crippen molar-refractivity contribution in [2.24, 2.45) is 5.92 Å². The molecule has 3 nitrogen and oxygen atoms in total. The van der Waals surface area contributed by atoms with Crippen LogP contribution >= 0.6 is 0 Å². The first-order valence-electron chi connectivity index (χ1n) is 6.89. The Labute approximate surface area is 114 Å². The van der Waals surface area contributed by atoms with Crippen molar-refractivity contribution in [3.8, 4) is 0 Å². The van der Waals surface area contributed by atoms with E-state index in [0.717, 1.165) is 29.5 Å². The summed E-state index contributed by atoms with van der Waals surface area (Å²) < 4.78 is 5.35. The van der Waals surface area contributed by atoms with Crippen LogP contribution in [0.1, 0.15) is 41.0 Å². The molecule has 0 aromatic heterocycles. The van der Waals surface area contributed by atoms with E-state index >= 15 is 0 Å². The van der Waals surface area contributed by atoms with Crippen molar-refractivity contribution in [1.29, 1.82) is 0 Å². The van der Waals surface area contributed by atoms with E-state index in [1.807, 2.05) is 20.8 Å². The fourth-order valence-electron chi connectivity index (χ4n) is 3.29. The SMILES string of the molecule is Cc1cc(C)c(C(C(=O)O)C2CCOCC2)c(C)c1. The highest BCUT2D eigenvalue weighted by Crippen LogP contribution is 2.36. The minimum atomic E-state index is -0.707. The van der Waals surface area contributed by atoms with Crippen LogP contribution in [0.4, 0.5) is 0 Å². The lowest BCUT2D eigenvalue weighted by atomic mass is 9.78. The van der Waals surface area contributed by atoms with Crippen molar-refractivity contribution in [2.45, 2.75) is 39.5 Å². The molecule has 2 rings (SSSR count). The van der Waals surface area contributed by atoms with Crippen LogP contribution < -0.4 is 0 Å². The summed E-state index contributed by atoms with van der Waals surface area (Å²) in [6.07, 6.45) is 1.67. The van der Waals surface area contributed by atoms with Crippen molar-refractivity contribution >= 4 is 5.97 Å². The molecule has 1 N–H and O–H groups in total. The minimum absolute atomic E-state index is 0.186. The number of benzene rings is 1. The van der Waals surface area contributed by atoms with Gasteiger partial charge in [0, 0.05) is 13.2 Å². The number of hydrogen-bond donors (Lipinski definition) is 1. The molecule has 0 saturated carbocycles. The largest absolute Gasteiger partial charge is 0.481 e. The average molecular weight is 262 g/mol. The summed E-state index contributed by atoms with van der Waals surface area (Å²) in [5, 5.41) is 9.66. The Hall–Kier alpha value is -1.35. The van der Waals surface area contributed by atoms with E-state index < -0.39 is 11.9 Å². The number of rotatable bonds is 3. The maximum Gasteiger partial charge on any atom is 0.311 e. The van der Waals surface area contributed by atoms with Gasteiger partial charge >= 0.3 is 5.97 Å². The molecule has 1 aliphatic heterocycles. The first kappa shape index (κ1) is 14.1. The van der Waals surface area contributed by atoms with E-state index in [4.69, 9.17) is 4.74 Å². The molecule has 1 aromatic carbocycles. The predicted molar refractivity (Wildman–Crippen MR) is 74.6 cm³/mol. The molecule has 3 heteroatoms. The summed E-state index contributed by atoms with van der Waals surface area (Å²) in [5.74, 6) is -0.919. The van der Waals surface area contributed by atoms with E-state index in [9.17, 15) is 9.90 Å². The number of aryl methyl sites for hydroxylation is 3. The second-order valence-corrected chi connectivity index (χ2v) is 5.58. The summed E-state index contributed by atoms with van der Waals surface area (Å²) in [4.78, 5) is 11.7. The molecule has 0 aliphatic carbocycles. The molecule has 19 heavy (non-hydrogen) atoms. The zero-order chi connectivity index (χ0) is 14.0. The molecule has 1 unspecified atom stereocenters. The molecule has 1 heterocycles. The molecular formula is C16H22O3. The van der Waals surface area contributed by atoms with Gasteiger partial charge in [-0.15, -0.1) is 0 Å². The van der Waals surface area contributed by atoms with E-state index in [2.05, 4.69) is 12.1 Å². The Bertz CT molecular complexity index is 450. The minimum Gasteiger partial charge on any atom is -0.481 e. The number of carbonyl (C=O) groups is 1. The third-order valence-corrected chi connectivity index (χ3v) is 4.05. The lowest BCUT2D eigenvalue weighted by Gasteiger charge is -2.30. The Morgan fingerprint density at radius 2 is 1.74 bits per heavy atom. The number of carboxylic acids is 1. The van der Waals surface area contributed by atoms with Gasteiger partial charge in [-0.2, -0.15) is 0 Å². The second-order valence-electron chi connectivity index (χ2n) is 5.58. The van der Waals surface area contributed by atoms with Gasteiger partial charge in [0.15, 0.2) is 0 Å². The number of carboxylic acid groups (broad SMARTS) is 1. The predicted octanol–water partition coefficient (Wildman–Crippen LogP) is 3.21. The van der Waals surface area contributed by atoms with E-state index in [-0.39, 0.29) is 5.92 Å². The number of aliphatic carboxylic acids is 1. The van der Waals surface area contributed by atoms with Gasteiger partial charge < -0.3 is 9.84 Å². The molecule has 1 atom stereocenters. The van der Waals surface area contributed by atoms with Crippen LogP contribution in [0.5, 0.6) is 0 Å². The fourth-order valence-corrected chi connectivity index (χ4v) is 3.29. The zero-order valence-corrected chi connectivity index (χ0v) is 11.9. The molecule has 0 spiro atoms. The summed E-state index contributed by atoms with van der Waals surface area (Å²) in [5.41, 5.74) is 4.38. The number of ether oxygens (including phenoxy) is 1. The first-order valence-corrected chi connectivity index (χ1v) is 6.89. The maximum atomic E-state index is 11.7. The lowest BCUT2D eigenvalue weighted by Crippen LogP contribution is -2.28. The third-order valence-electron chi connectivity index (χ3n) is 4.05. The average Bonchev–Trinajstić information content (AvgIpc) is 2.34. The molecule has 1 aliphatic rings. The summed E-state index contributed by atoms with van der Waals surface area (Å²) in [6.45, 7) is 7.44. The first-order chi connectivity index (χ1) is 9.00. The van der Waals surface area contributed by atoms with Crippen LogP contribution in [-0.4, -0.2) is 24.3 Å². The van der Waals surface area contributed by atoms with Crippen molar-refractivity contribution in [2.75, 3.05) is 13.2 Å². The molecule has 0 radical (unpaired) electrons. The van der Waals surface area contributed by atoms with Gasteiger partial charge in [0.2, 0.25) is 0 Å². The monoisotopic (exact) mass is 262 g/mol. The molecular weight excluding hydrogens is 240 g/mol. The third kappa shape index (κ3) is 2.98. The van der Waals surface area contributed by atoms with Gasteiger partial charge in [0.25, 0.3) is 0 Å². The molecule has 1 fully saturated rings. The maximum absolute atomic E-state index is 11.7. The van der Waals surface area contributed by atoms with Crippen LogP contribution in [0.25, 0.3) is 0 Å². The van der Waals surface area contributed by atoms with E-state index in [0.29, 0.717) is 13.2 Å². The van der Waals surface area contributed by atoms with Crippen molar-refractivity contribution < 1.29 is 14.6 Å². The van der Waals surface area contributed by atoms with Gasteiger partial charge in [0.1, 0.15) is 0 Å².